The molecule has 0 saturated carbocycles. The van der Waals surface area contributed by atoms with E-state index in [1.807, 2.05) is 38.1 Å². The number of benzene rings is 2. The monoisotopic (exact) mass is 228 g/mol. The van der Waals surface area contributed by atoms with Crippen LogP contribution in [0.2, 0.25) is 0 Å². The number of ether oxygens (including phenoxy) is 1. The maximum Gasteiger partial charge on any atom is 0.313 e. The number of carbonyl (C=O) groups excluding carboxylic acids is 1. The number of hydrogen-bond acceptors (Lipinski definition) is 2. The van der Waals surface area contributed by atoms with Gasteiger partial charge in [-0.15, -0.1) is 0 Å². The van der Waals surface area contributed by atoms with Crippen LogP contribution in [-0.4, -0.2) is 5.97 Å². The lowest BCUT2D eigenvalue weighted by Gasteiger charge is -2.07. The number of aryl methyl sites for hydroxylation is 1. The Kier molecular flexibility index (Phi) is 3.14. The first-order valence-corrected chi connectivity index (χ1v) is 5.78. The summed E-state index contributed by atoms with van der Waals surface area (Å²) in [6.45, 7) is 5.71. The van der Waals surface area contributed by atoms with Crippen molar-refractivity contribution in [1.82, 2.24) is 0 Å². The lowest BCUT2D eigenvalue weighted by atomic mass is 10.1. The molecule has 0 aliphatic carbocycles. The quantitative estimate of drug-likeness (QED) is 0.578. The third-order valence-corrected chi connectivity index (χ3v) is 2.66. The second kappa shape index (κ2) is 4.58. The van der Waals surface area contributed by atoms with Gasteiger partial charge in [0, 0.05) is 0 Å². The minimum atomic E-state index is -0.198. The highest BCUT2D eigenvalue weighted by atomic mass is 16.5. The van der Waals surface area contributed by atoms with Gasteiger partial charge in [0.2, 0.25) is 0 Å². The van der Waals surface area contributed by atoms with E-state index in [9.17, 15) is 4.79 Å². The van der Waals surface area contributed by atoms with Crippen molar-refractivity contribution in [2.45, 2.75) is 20.8 Å². The SMILES string of the molecule is Cc1ccc2cc(OC(=O)C(C)C)ccc2c1. The molecule has 2 nitrogen and oxygen atoms in total. The van der Waals surface area contributed by atoms with Crippen LogP contribution in [0.25, 0.3) is 10.8 Å². The first-order valence-electron chi connectivity index (χ1n) is 5.78. The van der Waals surface area contributed by atoms with Crippen LogP contribution >= 0.6 is 0 Å². The number of rotatable bonds is 2. The highest BCUT2D eigenvalue weighted by Gasteiger charge is 2.09. The fourth-order valence-corrected chi connectivity index (χ4v) is 1.64. The van der Waals surface area contributed by atoms with Gasteiger partial charge in [0.05, 0.1) is 5.92 Å². The molecule has 0 bridgehead atoms. The van der Waals surface area contributed by atoms with E-state index in [0.29, 0.717) is 5.75 Å². The van der Waals surface area contributed by atoms with Gasteiger partial charge < -0.3 is 4.74 Å². The molecule has 88 valence electrons. The summed E-state index contributed by atoms with van der Waals surface area (Å²) in [6, 6.07) is 11.9. The molecule has 17 heavy (non-hydrogen) atoms. The van der Waals surface area contributed by atoms with Crippen molar-refractivity contribution < 1.29 is 9.53 Å². The second-order valence-corrected chi connectivity index (χ2v) is 4.59. The average molecular weight is 228 g/mol. The van der Waals surface area contributed by atoms with E-state index >= 15 is 0 Å². The summed E-state index contributed by atoms with van der Waals surface area (Å²) in [5.74, 6) is 0.306. The van der Waals surface area contributed by atoms with E-state index in [0.717, 1.165) is 10.8 Å². The van der Waals surface area contributed by atoms with Crippen LogP contribution in [0.5, 0.6) is 5.75 Å². The molecule has 0 N–H and O–H groups in total. The lowest BCUT2D eigenvalue weighted by molar-refractivity contribution is -0.137. The summed E-state index contributed by atoms with van der Waals surface area (Å²) < 4.78 is 5.28. The Bertz CT molecular complexity index is 556. The largest absolute Gasteiger partial charge is 0.426 e. The van der Waals surface area contributed by atoms with Gasteiger partial charge in [-0.05, 0) is 29.8 Å². The molecule has 0 heterocycles. The Morgan fingerprint density at radius 3 is 2.41 bits per heavy atom. The molecule has 0 saturated heterocycles. The van der Waals surface area contributed by atoms with Crippen molar-refractivity contribution in [3.05, 3.63) is 42.0 Å². The fraction of sp³-hybridized carbons (Fsp3) is 0.267. The van der Waals surface area contributed by atoms with Crippen molar-refractivity contribution in [2.75, 3.05) is 0 Å². The van der Waals surface area contributed by atoms with Gasteiger partial charge in [0.1, 0.15) is 5.75 Å². The summed E-state index contributed by atoms with van der Waals surface area (Å²) in [5, 5.41) is 2.25. The number of hydrogen-bond donors (Lipinski definition) is 0. The molecule has 0 aromatic heterocycles. The summed E-state index contributed by atoms with van der Waals surface area (Å²) >= 11 is 0. The molecule has 0 aliphatic rings. The molecule has 0 atom stereocenters. The van der Waals surface area contributed by atoms with Crippen molar-refractivity contribution in [2.24, 2.45) is 5.92 Å². The Morgan fingerprint density at radius 1 is 1.06 bits per heavy atom. The molecule has 0 amide bonds. The number of carbonyl (C=O) groups is 1. The minimum Gasteiger partial charge on any atom is -0.426 e. The van der Waals surface area contributed by atoms with Crippen molar-refractivity contribution >= 4 is 16.7 Å². The molecule has 0 spiro atoms. The lowest BCUT2D eigenvalue weighted by Crippen LogP contribution is -2.14. The van der Waals surface area contributed by atoms with E-state index < -0.39 is 0 Å². The maximum atomic E-state index is 11.5. The smallest absolute Gasteiger partial charge is 0.313 e. The van der Waals surface area contributed by atoms with Crippen LogP contribution in [0.15, 0.2) is 36.4 Å². The Hall–Kier alpha value is -1.83. The zero-order chi connectivity index (χ0) is 12.4. The normalized spacial score (nSPS) is 10.8. The Labute approximate surface area is 101 Å². The van der Waals surface area contributed by atoms with Gasteiger partial charge in [0.25, 0.3) is 0 Å². The minimum absolute atomic E-state index is 0.108. The van der Waals surface area contributed by atoms with Crippen molar-refractivity contribution in [3.63, 3.8) is 0 Å². The van der Waals surface area contributed by atoms with E-state index in [1.54, 1.807) is 0 Å². The van der Waals surface area contributed by atoms with Crippen LogP contribution < -0.4 is 4.74 Å². The third-order valence-electron chi connectivity index (χ3n) is 2.66. The van der Waals surface area contributed by atoms with E-state index in [-0.39, 0.29) is 11.9 Å². The molecule has 0 fully saturated rings. The van der Waals surface area contributed by atoms with Gasteiger partial charge in [-0.3, -0.25) is 4.79 Å². The fourth-order valence-electron chi connectivity index (χ4n) is 1.64. The molecule has 2 aromatic carbocycles. The molecule has 0 radical (unpaired) electrons. The van der Waals surface area contributed by atoms with Gasteiger partial charge >= 0.3 is 5.97 Å². The van der Waals surface area contributed by atoms with Gasteiger partial charge in [0.15, 0.2) is 0 Å². The van der Waals surface area contributed by atoms with E-state index in [4.69, 9.17) is 4.74 Å². The predicted molar refractivity (Wildman–Crippen MR) is 69.2 cm³/mol. The van der Waals surface area contributed by atoms with Crippen molar-refractivity contribution in [3.8, 4) is 5.75 Å². The zero-order valence-corrected chi connectivity index (χ0v) is 10.4. The highest BCUT2D eigenvalue weighted by Crippen LogP contribution is 2.22. The summed E-state index contributed by atoms with van der Waals surface area (Å²) in [5.41, 5.74) is 1.23. The van der Waals surface area contributed by atoms with Gasteiger partial charge in [-0.25, -0.2) is 0 Å². The average Bonchev–Trinajstić information content (AvgIpc) is 2.29. The van der Waals surface area contributed by atoms with Crippen LogP contribution in [0.1, 0.15) is 19.4 Å². The van der Waals surface area contributed by atoms with E-state index in [2.05, 4.69) is 19.1 Å². The van der Waals surface area contributed by atoms with Gasteiger partial charge in [-0.1, -0.05) is 43.7 Å². The van der Waals surface area contributed by atoms with Crippen LogP contribution in [-0.2, 0) is 4.79 Å². The molecule has 2 rings (SSSR count). The van der Waals surface area contributed by atoms with Crippen LogP contribution in [0.3, 0.4) is 0 Å². The summed E-state index contributed by atoms with van der Waals surface area (Å²) in [4.78, 5) is 11.5. The molecule has 0 aliphatic heterocycles. The molecule has 2 heteroatoms. The first-order chi connectivity index (χ1) is 8.06. The third kappa shape index (κ3) is 2.64. The maximum absolute atomic E-state index is 11.5. The zero-order valence-electron chi connectivity index (χ0n) is 10.4. The number of esters is 1. The Morgan fingerprint density at radius 2 is 1.71 bits per heavy atom. The molecular weight excluding hydrogens is 212 g/mol. The van der Waals surface area contributed by atoms with Crippen LogP contribution in [0, 0.1) is 12.8 Å². The summed E-state index contributed by atoms with van der Waals surface area (Å²) in [7, 11) is 0. The molecular formula is C15H16O2. The molecule has 0 unspecified atom stereocenters. The van der Waals surface area contributed by atoms with Crippen molar-refractivity contribution in [1.29, 1.82) is 0 Å². The standard InChI is InChI=1S/C15H16O2/c1-10(2)15(16)17-14-7-6-12-8-11(3)4-5-13(12)9-14/h4-10H,1-3H3. The second-order valence-electron chi connectivity index (χ2n) is 4.59. The first kappa shape index (κ1) is 11.6. The number of fused-ring (bicyclic) bond motifs is 1. The van der Waals surface area contributed by atoms with Gasteiger partial charge in [-0.2, -0.15) is 0 Å². The Balaban J connectivity index is 2.32. The highest BCUT2D eigenvalue weighted by molar-refractivity contribution is 5.85. The van der Waals surface area contributed by atoms with E-state index in [1.165, 1.54) is 5.56 Å². The summed E-state index contributed by atoms with van der Waals surface area (Å²) in [6.07, 6.45) is 0. The molecule has 2 aromatic rings. The predicted octanol–water partition coefficient (Wildman–Crippen LogP) is 3.71. The topological polar surface area (TPSA) is 26.3 Å². The van der Waals surface area contributed by atoms with Crippen LogP contribution in [0.4, 0.5) is 0 Å².